The van der Waals surface area contributed by atoms with Crippen LogP contribution in [0.1, 0.15) is 98.3 Å². The summed E-state index contributed by atoms with van der Waals surface area (Å²) in [5.41, 5.74) is 1.94. The summed E-state index contributed by atoms with van der Waals surface area (Å²) in [5.74, 6) is 3.99. The minimum Gasteiger partial charge on any atom is -0.390 e. The molecule has 0 aromatic rings. The molecule has 3 saturated carbocycles. The van der Waals surface area contributed by atoms with Crippen LogP contribution >= 0.6 is 0 Å². The van der Waals surface area contributed by atoms with Crippen molar-refractivity contribution in [2.45, 2.75) is 104 Å². The first kappa shape index (κ1) is 20.6. The number of fused-ring (bicyclic) bond motifs is 5. The van der Waals surface area contributed by atoms with E-state index in [1.165, 1.54) is 38.5 Å². The highest BCUT2D eigenvalue weighted by molar-refractivity contribution is 5.49. The van der Waals surface area contributed by atoms with Gasteiger partial charge in [-0.1, -0.05) is 39.3 Å². The molecule has 1 N–H and O–H groups in total. The van der Waals surface area contributed by atoms with Gasteiger partial charge in [0.25, 0.3) is 0 Å². The minimum absolute atomic E-state index is 0.326. The van der Waals surface area contributed by atoms with Crippen LogP contribution in [0.5, 0.6) is 0 Å². The van der Waals surface area contributed by atoms with Gasteiger partial charge in [-0.3, -0.25) is 0 Å². The van der Waals surface area contributed by atoms with Crippen LogP contribution in [0.4, 0.5) is 0 Å². The van der Waals surface area contributed by atoms with Crippen molar-refractivity contribution in [1.29, 1.82) is 0 Å². The van der Waals surface area contributed by atoms with Crippen LogP contribution in [0.3, 0.4) is 0 Å². The zero-order valence-corrected chi connectivity index (χ0v) is 18.7. The first-order valence-electron chi connectivity index (χ1n) is 12.1. The van der Waals surface area contributed by atoms with Crippen LogP contribution in [-0.4, -0.2) is 17.0 Å². The Labute approximate surface area is 172 Å². The number of aliphatic hydroxyl groups is 1. The number of hydrogen-bond acceptors (Lipinski definition) is 2. The monoisotopic (exact) mass is 386 g/mol. The molecule has 0 radical (unpaired) electrons. The molecule has 3 fully saturated rings. The molecule has 0 saturated heterocycles. The number of allylic oxidation sites excluding steroid dienone is 1. The van der Waals surface area contributed by atoms with Gasteiger partial charge in [0.05, 0.1) is 5.60 Å². The molecule has 0 amide bonds. The summed E-state index contributed by atoms with van der Waals surface area (Å²) in [4.78, 5) is 10.9. The van der Waals surface area contributed by atoms with E-state index in [4.69, 9.17) is 0 Å². The largest absolute Gasteiger partial charge is 0.390 e. The molecule has 8 atom stereocenters. The predicted molar refractivity (Wildman–Crippen MR) is 115 cm³/mol. The van der Waals surface area contributed by atoms with Crippen molar-refractivity contribution >= 4 is 6.29 Å². The third-order valence-electron chi connectivity index (χ3n) is 10.4. The third kappa shape index (κ3) is 3.04. The SMILES string of the molecule is CC[C@]1(O)CC[C@@]2(C)C(=CC[C@@H]3C2CC[C@@]2(C)C3CC[C@@H]2[C@H](C)CCC=O)C1. The van der Waals surface area contributed by atoms with Crippen LogP contribution in [0.25, 0.3) is 0 Å². The average Bonchev–Trinajstić information content (AvgIpc) is 3.04. The fourth-order valence-electron chi connectivity index (χ4n) is 8.52. The van der Waals surface area contributed by atoms with Gasteiger partial charge in [-0.15, -0.1) is 0 Å². The molecule has 2 heteroatoms. The van der Waals surface area contributed by atoms with Crippen LogP contribution in [0.15, 0.2) is 11.6 Å². The van der Waals surface area contributed by atoms with E-state index in [0.717, 1.165) is 62.1 Å². The summed E-state index contributed by atoms with van der Waals surface area (Å²) in [6.45, 7) is 9.68. The van der Waals surface area contributed by atoms with E-state index in [1.54, 1.807) is 5.57 Å². The zero-order valence-electron chi connectivity index (χ0n) is 18.7. The van der Waals surface area contributed by atoms with Gasteiger partial charge in [-0.05, 0) is 105 Å². The molecule has 158 valence electrons. The predicted octanol–water partition coefficient (Wildman–Crippen LogP) is 6.32. The molecule has 0 aromatic heterocycles. The number of hydrogen-bond donors (Lipinski definition) is 1. The first-order chi connectivity index (χ1) is 13.3. The Balaban J connectivity index is 1.56. The lowest BCUT2D eigenvalue weighted by Crippen LogP contribution is -2.52. The average molecular weight is 387 g/mol. The highest BCUT2D eigenvalue weighted by Crippen LogP contribution is 2.67. The molecule has 4 aliphatic carbocycles. The van der Waals surface area contributed by atoms with E-state index in [-0.39, 0.29) is 0 Å². The van der Waals surface area contributed by atoms with Crippen molar-refractivity contribution in [3.8, 4) is 0 Å². The second kappa shape index (κ2) is 7.25. The minimum atomic E-state index is -0.451. The maximum absolute atomic E-state index is 10.9. The van der Waals surface area contributed by atoms with Gasteiger partial charge >= 0.3 is 0 Å². The van der Waals surface area contributed by atoms with Crippen molar-refractivity contribution in [3.63, 3.8) is 0 Å². The molecule has 4 rings (SSSR count). The quantitative estimate of drug-likeness (QED) is 0.443. The second-order valence-corrected chi connectivity index (χ2v) is 11.5. The third-order valence-corrected chi connectivity index (χ3v) is 10.4. The van der Waals surface area contributed by atoms with Gasteiger partial charge < -0.3 is 9.90 Å². The number of carbonyl (C=O) groups excluding carboxylic acids is 1. The van der Waals surface area contributed by atoms with E-state index in [0.29, 0.717) is 16.7 Å². The Hall–Kier alpha value is -0.630. The normalized spacial score (nSPS) is 48.8. The van der Waals surface area contributed by atoms with Crippen molar-refractivity contribution in [3.05, 3.63) is 11.6 Å². The van der Waals surface area contributed by atoms with Gasteiger partial charge in [0, 0.05) is 6.42 Å². The van der Waals surface area contributed by atoms with Crippen molar-refractivity contribution < 1.29 is 9.90 Å². The standard InChI is InChI=1S/C26H42O2/c1-5-26(28)15-14-24(3)19(17-26)8-9-20-22-11-10-21(18(2)7-6-16-27)25(22,4)13-12-23(20)24/h8,16,18,20-23,28H,5-7,9-15,17H2,1-4H3/t18-,20+,21-,22?,23?,24+,25-,26+/m1/s1. The highest BCUT2D eigenvalue weighted by atomic mass is 16.3. The molecule has 0 heterocycles. The Bertz CT molecular complexity index is 638. The smallest absolute Gasteiger partial charge is 0.120 e. The van der Waals surface area contributed by atoms with Gasteiger partial charge in [-0.25, -0.2) is 0 Å². The zero-order chi connectivity index (χ0) is 20.2. The van der Waals surface area contributed by atoms with E-state index < -0.39 is 5.60 Å². The molecule has 0 aliphatic heterocycles. The maximum Gasteiger partial charge on any atom is 0.120 e. The topological polar surface area (TPSA) is 37.3 Å². The Morgan fingerprint density at radius 1 is 1.18 bits per heavy atom. The molecule has 0 spiro atoms. The lowest BCUT2D eigenvalue weighted by molar-refractivity contribution is -0.108. The lowest BCUT2D eigenvalue weighted by atomic mass is 9.46. The second-order valence-electron chi connectivity index (χ2n) is 11.5. The van der Waals surface area contributed by atoms with E-state index in [2.05, 4.69) is 33.8 Å². The summed E-state index contributed by atoms with van der Waals surface area (Å²) in [6, 6.07) is 0. The Morgan fingerprint density at radius 2 is 1.96 bits per heavy atom. The number of carbonyl (C=O) groups is 1. The first-order valence-corrected chi connectivity index (χ1v) is 12.1. The Kier molecular flexibility index (Phi) is 5.35. The fourth-order valence-corrected chi connectivity index (χ4v) is 8.52. The van der Waals surface area contributed by atoms with Gasteiger partial charge in [0.1, 0.15) is 6.29 Å². The number of aldehydes is 1. The van der Waals surface area contributed by atoms with Crippen molar-refractivity contribution in [1.82, 2.24) is 0 Å². The summed E-state index contributed by atoms with van der Waals surface area (Å²) >= 11 is 0. The molecule has 0 bridgehead atoms. The van der Waals surface area contributed by atoms with E-state index in [9.17, 15) is 9.90 Å². The van der Waals surface area contributed by atoms with Gasteiger partial charge in [0.15, 0.2) is 0 Å². The van der Waals surface area contributed by atoms with Crippen molar-refractivity contribution in [2.75, 3.05) is 0 Å². The van der Waals surface area contributed by atoms with Crippen LogP contribution in [0.2, 0.25) is 0 Å². The number of rotatable bonds is 5. The van der Waals surface area contributed by atoms with Gasteiger partial charge in [-0.2, -0.15) is 0 Å². The molecule has 4 aliphatic rings. The van der Waals surface area contributed by atoms with Crippen LogP contribution in [0, 0.1) is 40.4 Å². The van der Waals surface area contributed by atoms with Crippen molar-refractivity contribution in [2.24, 2.45) is 40.4 Å². The van der Waals surface area contributed by atoms with Crippen LogP contribution < -0.4 is 0 Å². The molecular weight excluding hydrogens is 344 g/mol. The summed E-state index contributed by atoms with van der Waals surface area (Å²) < 4.78 is 0. The molecule has 28 heavy (non-hydrogen) atoms. The maximum atomic E-state index is 10.9. The lowest BCUT2D eigenvalue weighted by Gasteiger charge is -2.59. The molecule has 2 unspecified atom stereocenters. The van der Waals surface area contributed by atoms with E-state index in [1.807, 2.05) is 0 Å². The van der Waals surface area contributed by atoms with Gasteiger partial charge in [0.2, 0.25) is 0 Å². The highest BCUT2D eigenvalue weighted by Gasteiger charge is 2.59. The summed E-state index contributed by atoms with van der Waals surface area (Å²) in [7, 11) is 0. The summed E-state index contributed by atoms with van der Waals surface area (Å²) in [5, 5.41) is 10.9. The fraction of sp³-hybridized carbons (Fsp3) is 0.885. The van der Waals surface area contributed by atoms with E-state index >= 15 is 0 Å². The molecule has 0 aromatic carbocycles. The molecule has 2 nitrogen and oxygen atoms in total. The molecular formula is C26H42O2. The summed E-state index contributed by atoms with van der Waals surface area (Å²) in [6.07, 6.45) is 16.2. The van der Waals surface area contributed by atoms with Crippen LogP contribution in [-0.2, 0) is 4.79 Å². The Morgan fingerprint density at radius 3 is 2.68 bits per heavy atom.